The zero-order valence-corrected chi connectivity index (χ0v) is 13.8. The fourth-order valence-electron chi connectivity index (χ4n) is 1.75. The van der Waals surface area contributed by atoms with Crippen LogP contribution in [0.2, 0.25) is 0 Å². The van der Waals surface area contributed by atoms with Crippen molar-refractivity contribution in [2.45, 2.75) is 6.92 Å². The summed E-state index contributed by atoms with van der Waals surface area (Å²) in [6, 6.07) is 14.9. The smallest absolute Gasteiger partial charge is 0.262 e. The molecular weight excluding hydrogens is 381 g/mol. The number of halogens is 1. The molecule has 0 unspecified atom stereocenters. The molecule has 0 spiro atoms. The van der Waals surface area contributed by atoms with Gasteiger partial charge in [-0.1, -0.05) is 18.2 Å². The minimum absolute atomic E-state index is 0.0600. The van der Waals surface area contributed by atoms with Gasteiger partial charge in [0, 0.05) is 9.26 Å². The van der Waals surface area contributed by atoms with Gasteiger partial charge in [0.15, 0.2) is 18.1 Å². The van der Waals surface area contributed by atoms with Gasteiger partial charge in [0.05, 0.1) is 6.61 Å². The molecule has 0 aromatic heterocycles. The van der Waals surface area contributed by atoms with E-state index in [-0.39, 0.29) is 12.5 Å². The predicted octanol–water partition coefficient (Wildman–Crippen LogP) is 3.71. The maximum absolute atomic E-state index is 11.9. The van der Waals surface area contributed by atoms with Crippen LogP contribution < -0.4 is 14.8 Å². The van der Waals surface area contributed by atoms with Crippen LogP contribution in [-0.4, -0.2) is 19.1 Å². The van der Waals surface area contributed by atoms with Crippen molar-refractivity contribution in [3.63, 3.8) is 0 Å². The fraction of sp³-hybridized carbons (Fsp3) is 0.188. The zero-order chi connectivity index (χ0) is 15.1. The van der Waals surface area contributed by atoms with Crippen LogP contribution in [0.4, 0.5) is 5.69 Å². The number of hydrogen-bond acceptors (Lipinski definition) is 3. The molecule has 110 valence electrons. The molecule has 0 bridgehead atoms. The molecule has 5 heteroatoms. The van der Waals surface area contributed by atoms with E-state index in [0.717, 1.165) is 9.26 Å². The molecule has 0 heterocycles. The van der Waals surface area contributed by atoms with Gasteiger partial charge in [0.25, 0.3) is 5.91 Å². The highest BCUT2D eigenvalue weighted by Crippen LogP contribution is 2.26. The second-order valence-corrected chi connectivity index (χ2v) is 5.47. The molecule has 21 heavy (non-hydrogen) atoms. The largest absolute Gasteiger partial charge is 0.490 e. The fourth-order valence-corrected chi connectivity index (χ4v) is 2.29. The Morgan fingerprint density at radius 3 is 2.48 bits per heavy atom. The van der Waals surface area contributed by atoms with Crippen molar-refractivity contribution in [3.8, 4) is 11.5 Å². The second kappa shape index (κ2) is 7.87. The number of amides is 1. The Morgan fingerprint density at radius 1 is 1.10 bits per heavy atom. The molecule has 0 saturated carbocycles. The van der Waals surface area contributed by atoms with Crippen molar-refractivity contribution in [3.05, 3.63) is 52.1 Å². The SMILES string of the molecule is CCOc1ccccc1OCC(=O)Nc1cccc(I)c1. The summed E-state index contributed by atoms with van der Waals surface area (Å²) >= 11 is 2.20. The standard InChI is InChI=1S/C16H16INO3/c1-2-20-14-8-3-4-9-15(14)21-11-16(19)18-13-7-5-6-12(17)10-13/h3-10H,2,11H2,1H3,(H,18,19). The van der Waals surface area contributed by atoms with Gasteiger partial charge in [0.1, 0.15) is 0 Å². The Kier molecular flexibility index (Phi) is 5.86. The van der Waals surface area contributed by atoms with Crippen LogP contribution >= 0.6 is 22.6 Å². The molecule has 0 aliphatic carbocycles. The van der Waals surface area contributed by atoms with Crippen molar-refractivity contribution in [1.29, 1.82) is 0 Å². The molecule has 2 aromatic rings. The highest BCUT2D eigenvalue weighted by atomic mass is 127. The number of hydrogen-bond donors (Lipinski definition) is 1. The summed E-state index contributed by atoms with van der Waals surface area (Å²) in [5.74, 6) is 1.00. The minimum Gasteiger partial charge on any atom is -0.490 e. The third-order valence-corrected chi connectivity index (χ3v) is 3.29. The van der Waals surface area contributed by atoms with Crippen molar-refractivity contribution < 1.29 is 14.3 Å². The predicted molar refractivity (Wildman–Crippen MR) is 90.9 cm³/mol. The Morgan fingerprint density at radius 2 is 1.81 bits per heavy atom. The lowest BCUT2D eigenvalue weighted by molar-refractivity contribution is -0.118. The van der Waals surface area contributed by atoms with E-state index in [1.807, 2.05) is 49.4 Å². The Labute approximate surface area is 137 Å². The first kappa shape index (κ1) is 15.6. The summed E-state index contributed by atoms with van der Waals surface area (Å²) in [5.41, 5.74) is 0.758. The van der Waals surface area contributed by atoms with E-state index in [9.17, 15) is 4.79 Å². The number of nitrogens with one attached hydrogen (secondary N) is 1. The summed E-state index contributed by atoms with van der Waals surface area (Å²) in [6.07, 6.45) is 0. The van der Waals surface area contributed by atoms with Gasteiger partial charge in [-0.25, -0.2) is 0 Å². The quantitative estimate of drug-likeness (QED) is 0.757. The monoisotopic (exact) mass is 397 g/mol. The van der Waals surface area contributed by atoms with E-state index >= 15 is 0 Å². The van der Waals surface area contributed by atoms with Crippen molar-refractivity contribution in [1.82, 2.24) is 0 Å². The molecule has 0 saturated heterocycles. The lowest BCUT2D eigenvalue weighted by atomic mass is 10.3. The van der Waals surface area contributed by atoms with Crippen molar-refractivity contribution in [2.75, 3.05) is 18.5 Å². The van der Waals surface area contributed by atoms with Crippen LogP contribution in [-0.2, 0) is 4.79 Å². The average Bonchev–Trinajstić information content (AvgIpc) is 2.47. The number of para-hydroxylation sites is 2. The third kappa shape index (κ3) is 4.93. The van der Waals surface area contributed by atoms with E-state index in [1.165, 1.54) is 0 Å². The molecule has 0 fully saturated rings. The highest BCUT2D eigenvalue weighted by Gasteiger charge is 2.07. The number of carbonyl (C=O) groups is 1. The maximum Gasteiger partial charge on any atom is 0.262 e. The van der Waals surface area contributed by atoms with Crippen molar-refractivity contribution >= 4 is 34.2 Å². The van der Waals surface area contributed by atoms with Gasteiger partial charge in [-0.05, 0) is 59.8 Å². The number of rotatable bonds is 6. The average molecular weight is 397 g/mol. The van der Waals surface area contributed by atoms with Crippen LogP contribution in [0.25, 0.3) is 0 Å². The lowest BCUT2D eigenvalue weighted by Crippen LogP contribution is -2.20. The number of benzene rings is 2. The van der Waals surface area contributed by atoms with Crippen molar-refractivity contribution in [2.24, 2.45) is 0 Å². The Bertz CT molecular complexity index is 616. The summed E-state index contributed by atoms with van der Waals surface area (Å²) in [5, 5.41) is 2.79. The highest BCUT2D eigenvalue weighted by molar-refractivity contribution is 14.1. The molecule has 1 N–H and O–H groups in total. The topological polar surface area (TPSA) is 47.6 Å². The summed E-state index contributed by atoms with van der Waals surface area (Å²) < 4.78 is 12.0. The zero-order valence-electron chi connectivity index (χ0n) is 11.6. The van der Waals surface area contributed by atoms with Crippen LogP contribution in [0.5, 0.6) is 11.5 Å². The first-order valence-electron chi connectivity index (χ1n) is 6.59. The Hall–Kier alpha value is -1.76. The molecule has 0 aliphatic heterocycles. The van der Waals surface area contributed by atoms with Gasteiger partial charge in [0.2, 0.25) is 0 Å². The molecule has 0 aliphatic rings. The van der Waals surface area contributed by atoms with E-state index in [2.05, 4.69) is 27.9 Å². The van der Waals surface area contributed by atoms with E-state index < -0.39 is 0 Å². The van der Waals surface area contributed by atoms with Gasteiger partial charge in [-0.15, -0.1) is 0 Å². The summed E-state index contributed by atoms with van der Waals surface area (Å²) in [4.78, 5) is 11.9. The van der Waals surface area contributed by atoms with Gasteiger partial charge < -0.3 is 14.8 Å². The summed E-state index contributed by atoms with van der Waals surface area (Å²) in [6.45, 7) is 2.39. The van der Waals surface area contributed by atoms with Gasteiger partial charge >= 0.3 is 0 Å². The van der Waals surface area contributed by atoms with E-state index in [0.29, 0.717) is 18.1 Å². The molecule has 2 rings (SSSR count). The molecule has 1 amide bonds. The maximum atomic E-state index is 11.9. The summed E-state index contributed by atoms with van der Waals surface area (Å²) in [7, 11) is 0. The first-order chi connectivity index (χ1) is 10.2. The molecule has 4 nitrogen and oxygen atoms in total. The first-order valence-corrected chi connectivity index (χ1v) is 7.67. The lowest BCUT2D eigenvalue weighted by Gasteiger charge is -2.11. The second-order valence-electron chi connectivity index (χ2n) is 4.23. The number of ether oxygens (including phenoxy) is 2. The Balaban J connectivity index is 1.92. The van der Waals surface area contributed by atoms with Crippen LogP contribution in [0.1, 0.15) is 6.92 Å². The minimum atomic E-state index is -0.205. The number of carbonyl (C=O) groups excluding carboxylic acids is 1. The molecule has 0 radical (unpaired) electrons. The van der Waals surface area contributed by atoms with Crippen LogP contribution in [0.3, 0.4) is 0 Å². The molecule has 2 aromatic carbocycles. The third-order valence-electron chi connectivity index (χ3n) is 2.62. The van der Waals surface area contributed by atoms with Crippen LogP contribution in [0, 0.1) is 3.57 Å². The van der Waals surface area contributed by atoms with E-state index in [1.54, 1.807) is 6.07 Å². The van der Waals surface area contributed by atoms with Gasteiger partial charge in [-0.2, -0.15) is 0 Å². The molecule has 0 atom stereocenters. The molecular formula is C16H16INO3. The normalized spacial score (nSPS) is 10.0. The number of anilines is 1. The van der Waals surface area contributed by atoms with Crippen LogP contribution in [0.15, 0.2) is 48.5 Å². The van der Waals surface area contributed by atoms with Gasteiger partial charge in [-0.3, -0.25) is 4.79 Å². The van der Waals surface area contributed by atoms with E-state index in [4.69, 9.17) is 9.47 Å².